The van der Waals surface area contributed by atoms with Crippen molar-refractivity contribution in [3.05, 3.63) is 27.7 Å². The Balaban J connectivity index is 2.70. The molecule has 0 aromatic heterocycles. The molecule has 0 aliphatic carbocycles. The summed E-state index contributed by atoms with van der Waals surface area (Å²) >= 11 is 3.37. The number of hydrogen-bond acceptors (Lipinski definition) is 3. The van der Waals surface area contributed by atoms with Crippen LogP contribution < -0.4 is 4.74 Å². The molecule has 0 fully saturated rings. The number of aliphatic hydroxyl groups excluding tert-OH is 1. The van der Waals surface area contributed by atoms with Crippen molar-refractivity contribution in [3.8, 4) is 5.75 Å². The van der Waals surface area contributed by atoms with Crippen LogP contribution in [0.1, 0.15) is 17.5 Å². The quantitative estimate of drug-likeness (QED) is 0.905. The molecule has 100 valence electrons. The summed E-state index contributed by atoms with van der Waals surface area (Å²) in [6, 6.07) is 3.73. The van der Waals surface area contributed by atoms with Gasteiger partial charge in [-0.15, -0.1) is 0 Å². The highest BCUT2D eigenvalue weighted by Gasteiger charge is 2.10. The Morgan fingerprint density at radius 2 is 2.11 bits per heavy atom. The lowest BCUT2D eigenvalue weighted by Gasteiger charge is -2.15. The summed E-state index contributed by atoms with van der Waals surface area (Å²) in [7, 11) is 3.43. The third-order valence-electron chi connectivity index (χ3n) is 2.55. The molecule has 0 aliphatic heterocycles. The molecule has 5 heteroatoms. The van der Waals surface area contributed by atoms with Crippen LogP contribution in [0.2, 0.25) is 0 Å². The van der Waals surface area contributed by atoms with E-state index in [-0.39, 0.29) is 12.5 Å². The topological polar surface area (TPSA) is 49.8 Å². The van der Waals surface area contributed by atoms with E-state index in [1.165, 1.54) is 4.90 Å². The standard InChI is InChI=1S/C13H18BrNO3/c1-9-6-11(14)7-10(8-16)13(9)18-5-4-12(17)15(2)3/h6-7,16H,4-5,8H2,1-3H3. The van der Waals surface area contributed by atoms with E-state index >= 15 is 0 Å². The van der Waals surface area contributed by atoms with E-state index in [2.05, 4.69) is 15.9 Å². The van der Waals surface area contributed by atoms with Gasteiger partial charge in [0.25, 0.3) is 0 Å². The molecule has 0 radical (unpaired) electrons. The fraction of sp³-hybridized carbons (Fsp3) is 0.462. The highest BCUT2D eigenvalue weighted by Crippen LogP contribution is 2.28. The molecule has 4 nitrogen and oxygen atoms in total. The molecule has 0 saturated heterocycles. The monoisotopic (exact) mass is 315 g/mol. The van der Waals surface area contributed by atoms with Gasteiger partial charge in [-0.3, -0.25) is 4.79 Å². The largest absolute Gasteiger partial charge is 0.492 e. The van der Waals surface area contributed by atoms with Crippen LogP contribution in [0.3, 0.4) is 0 Å². The molecule has 1 N–H and O–H groups in total. The lowest BCUT2D eigenvalue weighted by Crippen LogP contribution is -2.23. The van der Waals surface area contributed by atoms with Gasteiger partial charge in [-0.25, -0.2) is 0 Å². The zero-order valence-corrected chi connectivity index (χ0v) is 12.5. The minimum Gasteiger partial charge on any atom is -0.492 e. The van der Waals surface area contributed by atoms with E-state index in [9.17, 15) is 9.90 Å². The fourth-order valence-electron chi connectivity index (χ4n) is 1.59. The van der Waals surface area contributed by atoms with Gasteiger partial charge >= 0.3 is 0 Å². The maximum absolute atomic E-state index is 11.4. The van der Waals surface area contributed by atoms with Crippen LogP contribution >= 0.6 is 15.9 Å². The maximum atomic E-state index is 11.4. The number of carbonyl (C=O) groups excluding carboxylic acids is 1. The van der Waals surface area contributed by atoms with E-state index in [1.54, 1.807) is 14.1 Å². The van der Waals surface area contributed by atoms with Crippen molar-refractivity contribution < 1.29 is 14.6 Å². The number of amides is 1. The average molecular weight is 316 g/mol. The molecule has 18 heavy (non-hydrogen) atoms. The van der Waals surface area contributed by atoms with Gasteiger partial charge in [-0.05, 0) is 24.6 Å². The predicted octanol–water partition coefficient (Wildman–Crippen LogP) is 2.11. The number of carbonyl (C=O) groups is 1. The molecule has 0 spiro atoms. The first-order valence-electron chi connectivity index (χ1n) is 5.68. The molecular weight excluding hydrogens is 298 g/mol. The predicted molar refractivity (Wildman–Crippen MR) is 73.6 cm³/mol. The summed E-state index contributed by atoms with van der Waals surface area (Å²) in [4.78, 5) is 12.9. The molecular formula is C13H18BrNO3. The Morgan fingerprint density at radius 1 is 1.44 bits per heavy atom. The second-order valence-corrected chi connectivity index (χ2v) is 5.17. The molecule has 0 unspecified atom stereocenters. The first kappa shape index (κ1) is 15.0. The van der Waals surface area contributed by atoms with Crippen LogP contribution in [0.5, 0.6) is 5.75 Å². The number of aliphatic hydroxyl groups is 1. The van der Waals surface area contributed by atoms with Gasteiger partial charge in [-0.2, -0.15) is 0 Å². The normalized spacial score (nSPS) is 10.3. The van der Waals surface area contributed by atoms with E-state index < -0.39 is 0 Å². The summed E-state index contributed by atoms with van der Waals surface area (Å²) in [6.07, 6.45) is 0.327. The second-order valence-electron chi connectivity index (χ2n) is 4.26. The number of benzene rings is 1. The fourth-order valence-corrected chi connectivity index (χ4v) is 2.21. The molecule has 0 atom stereocenters. The van der Waals surface area contributed by atoms with Crippen LogP contribution in [0.4, 0.5) is 0 Å². The first-order valence-corrected chi connectivity index (χ1v) is 6.47. The zero-order chi connectivity index (χ0) is 13.7. The van der Waals surface area contributed by atoms with Crippen LogP contribution in [-0.4, -0.2) is 36.6 Å². The Bertz CT molecular complexity index is 432. The van der Waals surface area contributed by atoms with Gasteiger partial charge in [0.2, 0.25) is 5.91 Å². The third kappa shape index (κ3) is 3.99. The van der Waals surface area contributed by atoms with Gasteiger partial charge in [-0.1, -0.05) is 15.9 Å². The lowest BCUT2D eigenvalue weighted by atomic mass is 10.1. The second kappa shape index (κ2) is 6.75. The molecule has 0 saturated carbocycles. The van der Waals surface area contributed by atoms with Crippen molar-refractivity contribution in [2.24, 2.45) is 0 Å². The van der Waals surface area contributed by atoms with Gasteiger partial charge in [0.05, 0.1) is 19.6 Å². The van der Waals surface area contributed by atoms with E-state index in [4.69, 9.17) is 4.74 Å². The van der Waals surface area contributed by atoms with Crippen molar-refractivity contribution in [1.29, 1.82) is 0 Å². The molecule has 1 rings (SSSR count). The Hall–Kier alpha value is -1.07. The molecule has 0 bridgehead atoms. The molecule has 0 heterocycles. The smallest absolute Gasteiger partial charge is 0.225 e. The van der Waals surface area contributed by atoms with Crippen molar-refractivity contribution in [2.75, 3.05) is 20.7 Å². The van der Waals surface area contributed by atoms with Crippen molar-refractivity contribution >= 4 is 21.8 Å². The minimum absolute atomic E-state index is 0.0234. The number of rotatable bonds is 5. The van der Waals surface area contributed by atoms with E-state index in [0.29, 0.717) is 18.8 Å². The van der Waals surface area contributed by atoms with E-state index in [1.807, 2.05) is 19.1 Å². The summed E-state index contributed by atoms with van der Waals surface area (Å²) in [5, 5.41) is 9.29. The van der Waals surface area contributed by atoms with Gasteiger partial charge in [0.15, 0.2) is 0 Å². The van der Waals surface area contributed by atoms with E-state index in [0.717, 1.165) is 15.6 Å². The van der Waals surface area contributed by atoms with Crippen LogP contribution in [-0.2, 0) is 11.4 Å². The summed E-state index contributed by atoms with van der Waals surface area (Å²) in [5.41, 5.74) is 1.66. The molecule has 0 aliphatic rings. The van der Waals surface area contributed by atoms with Gasteiger partial charge in [0.1, 0.15) is 5.75 Å². The average Bonchev–Trinajstić information content (AvgIpc) is 2.30. The Kier molecular flexibility index (Phi) is 5.62. The van der Waals surface area contributed by atoms with Crippen LogP contribution in [0, 0.1) is 6.92 Å². The first-order chi connectivity index (χ1) is 8.45. The van der Waals surface area contributed by atoms with Gasteiger partial charge in [0, 0.05) is 24.1 Å². The number of nitrogens with zero attached hydrogens (tertiary/aromatic N) is 1. The van der Waals surface area contributed by atoms with Crippen LogP contribution in [0.15, 0.2) is 16.6 Å². The Labute approximate surface area is 116 Å². The van der Waals surface area contributed by atoms with Crippen molar-refractivity contribution in [1.82, 2.24) is 4.90 Å². The van der Waals surface area contributed by atoms with Crippen LogP contribution in [0.25, 0.3) is 0 Å². The Morgan fingerprint density at radius 3 is 2.67 bits per heavy atom. The zero-order valence-electron chi connectivity index (χ0n) is 10.9. The molecule has 1 amide bonds. The maximum Gasteiger partial charge on any atom is 0.225 e. The van der Waals surface area contributed by atoms with Crippen molar-refractivity contribution in [3.63, 3.8) is 0 Å². The highest BCUT2D eigenvalue weighted by molar-refractivity contribution is 9.10. The number of halogens is 1. The van der Waals surface area contributed by atoms with Crippen molar-refractivity contribution in [2.45, 2.75) is 20.0 Å². The SMILES string of the molecule is Cc1cc(Br)cc(CO)c1OCCC(=O)N(C)C. The summed E-state index contributed by atoms with van der Waals surface area (Å²) in [6.45, 7) is 2.14. The number of ether oxygens (including phenoxy) is 1. The molecule has 1 aromatic carbocycles. The summed E-state index contributed by atoms with van der Waals surface area (Å²) in [5.74, 6) is 0.683. The third-order valence-corrected chi connectivity index (χ3v) is 3.01. The number of hydrogen-bond donors (Lipinski definition) is 1. The number of aryl methyl sites for hydroxylation is 1. The van der Waals surface area contributed by atoms with Gasteiger partial charge < -0.3 is 14.7 Å². The summed E-state index contributed by atoms with van der Waals surface area (Å²) < 4.78 is 6.51. The lowest BCUT2D eigenvalue weighted by molar-refractivity contribution is -0.129. The highest BCUT2D eigenvalue weighted by atomic mass is 79.9. The minimum atomic E-state index is -0.0861. The molecule has 1 aromatic rings.